The molecule has 1 aliphatic carbocycles. The van der Waals surface area contributed by atoms with Gasteiger partial charge in [-0.2, -0.15) is 0 Å². The van der Waals surface area contributed by atoms with Crippen LogP contribution in [0.25, 0.3) is 0 Å². The predicted molar refractivity (Wildman–Crippen MR) is 100 cm³/mol. The number of phenolic OH excluding ortho intramolecular Hbond substituents is 1. The van der Waals surface area contributed by atoms with Crippen LogP contribution >= 0.6 is 0 Å². The molecule has 142 valence electrons. The number of phenols is 1. The molecule has 1 spiro atoms. The van der Waals surface area contributed by atoms with Gasteiger partial charge in [-0.1, -0.05) is 12.5 Å². The van der Waals surface area contributed by atoms with E-state index in [0.717, 1.165) is 63.5 Å². The Hall–Kier alpha value is -1.75. The molecule has 2 aliphatic heterocycles. The Kier molecular flexibility index (Phi) is 4.82. The predicted octanol–water partition coefficient (Wildman–Crippen LogP) is 3.02. The van der Waals surface area contributed by atoms with Crippen molar-refractivity contribution < 1.29 is 14.6 Å². The van der Waals surface area contributed by atoms with Gasteiger partial charge in [0.15, 0.2) is 11.5 Å². The minimum atomic E-state index is -0.170. The van der Waals surface area contributed by atoms with Crippen LogP contribution in [0.3, 0.4) is 0 Å². The lowest BCUT2D eigenvalue weighted by atomic mass is 9.77. The molecule has 2 heterocycles. The van der Waals surface area contributed by atoms with Crippen molar-refractivity contribution >= 4 is 5.91 Å². The van der Waals surface area contributed by atoms with Gasteiger partial charge in [-0.25, -0.2) is 0 Å². The first-order valence-corrected chi connectivity index (χ1v) is 9.97. The molecule has 1 amide bonds. The van der Waals surface area contributed by atoms with E-state index in [-0.39, 0.29) is 11.2 Å². The van der Waals surface area contributed by atoms with Gasteiger partial charge in [0.2, 0.25) is 5.91 Å². The minimum absolute atomic E-state index is 0.170. The number of rotatable bonds is 5. The van der Waals surface area contributed by atoms with Gasteiger partial charge in [0, 0.05) is 26.2 Å². The summed E-state index contributed by atoms with van der Waals surface area (Å²) in [5.74, 6) is 1.82. The number of carbonyl (C=O) groups excluding carboxylic acids is 1. The average Bonchev–Trinajstić information content (AvgIpc) is 2.98. The highest BCUT2D eigenvalue weighted by Gasteiger charge is 2.48. The SMILES string of the molecule is COc1ccc(CN2CCC3(CCCN(CC4CCC4)C3=O)C2)cc1O. The van der Waals surface area contributed by atoms with Crippen molar-refractivity contribution in [2.75, 3.05) is 33.3 Å². The molecule has 26 heavy (non-hydrogen) atoms. The summed E-state index contributed by atoms with van der Waals surface area (Å²) in [5.41, 5.74) is 0.895. The maximum atomic E-state index is 13.2. The van der Waals surface area contributed by atoms with Crippen molar-refractivity contribution in [1.29, 1.82) is 0 Å². The number of piperidine rings is 1. The Morgan fingerprint density at radius 3 is 2.77 bits per heavy atom. The molecule has 1 aromatic carbocycles. The topological polar surface area (TPSA) is 53.0 Å². The lowest BCUT2D eigenvalue weighted by Gasteiger charge is -2.42. The first-order valence-electron chi connectivity index (χ1n) is 9.97. The highest BCUT2D eigenvalue weighted by Crippen LogP contribution is 2.41. The fourth-order valence-corrected chi connectivity index (χ4v) is 4.88. The third-order valence-corrected chi connectivity index (χ3v) is 6.61. The third kappa shape index (κ3) is 3.29. The summed E-state index contributed by atoms with van der Waals surface area (Å²) < 4.78 is 5.12. The third-order valence-electron chi connectivity index (χ3n) is 6.61. The van der Waals surface area contributed by atoms with Crippen molar-refractivity contribution in [3.63, 3.8) is 0 Å². The second kappa shape index (κ2) is 7.10. The molecular formula is C21H30N2O3. The van der Waals surface area contributed by atoms with Crippen LogP contribution in [0, 0.1) is 11.3 Å². The van der Waals surface area contributed by atoms with Crippen molar-refractivity contribution in [2.45, 2.75) is 45.1 Å². The zero-order chi connectivity index (χ0) is 18.1. The van der Waals surface area contributed by atoms with Crippen LogP contribution in [-0.2, 0) is 11.3 Å². The number of benzene rings is 1. The summed E-state index contributed by atoms with van der Waals surface area (Å²) in [6.07, 6.45) is 7.05. The number of carbonyl (C=O) groups is 1. The lowest BCUT2D eigenvalue weighted by molar-refractivity contribution is -0.146. The summed E-state index contributed by atoms with van der Waals surface area (Å²) in [6.45, 7) is 4.50. The fraction of sp³-hybridized carbons (Fsp3) is 0.667. The average molecular weight is 358 g/mol. The van der Waals surface area contributed by atoms with E-state index in [0.29, 0.717) is 11.7 Å². The maximum Gasteiger partial charge on any atom is 0.230 e. The molecular weight excluding hydrogens is 328 g/mol. The van der Waals surface area contributed by atoms with Gasteiger partial charge in [0.25, 0.3) is 0 Å². The number of likely N-dealkylation sites (tertiary alicyclic amines) is 2. The summed E-state index contributed by atoms with van der Waals surface area (Å²) in [7, 11) is 1.56. The number of nitrogens with zero attached hydrogens (tertiary/aromatic N) is 2. The Morgan fingerprint density at radius 2 is 2.08 bits per heavy atom. The van der Waals surface area contributed by atoms with E-state index in [2.05, 4.69) is 9.80 Å². The van der Waals surface area contributed by atoms with Gasteiger partial charge >= 0.3 is 0 Å². The van der Waals surface area contributed by atoms with Crippen LogP contribution in [0.5, 0.6) is 11.5 Å². The van der Waals surface area contributed by atoms with Crippen molar-refractivity contribution in [3.8, 4) is 11.5 Å². The number of hydrogen-bond donors (Lipinski definition) is 1. The van der Waals surface area contributed by atoms with Crippen molar-refractivity contribution in [1.82, 2.24) is 9.80 Å². The summed E-state index contributed by atoms with van der Waals surface area (Å²) in [6, 6.07) is 5.58. The molecule has 0 bridgehead atoms. The van der Waals surface area contributed by atoms with Gasteiger partial charge in [0.05, 0.1) is 12.5 Å². The van der Waals surface area contributed by atoms with Gasteiger partial charge in [-0.3, -0.25) is 9.69 Å². The normalized spacial score (nSPS) is 27.1. The molecule has 5 nitrogen and oxygen atoms in total. The molecule has 1 atom stereocenters. The fourth-order valence-electron chi connectivity index (χ4n) is 4.88. The van der Waals surface area contributed by atoms with E-state index in [4.69, 9.17) is 4.74 Å². The molecule has 0 aromatic heterocycles. The summed E-state index contributed by atoms with van der Waals surface area (Å²) in [5, 5.41) is 9.99. The molecule has 4 rings (SSSR count). The summed E-state index contributed by atoms with van der Waals surface area (Å²) in [4.78, 5) is 17.7. The van der Waals surface area contributed by atoms with Gasteiger partial charge in [-0.05, 0) is 62.3 Å². The molecule has 1 N–H and O–H groups in total. The van der Waals surface area contributed by atoms with Crippen LogP contribution in [0.15, 0.2) is 18.2 Å². The van der Waals surface area contributed by atoms with Crippen LogP contribution < -0.4 is 4.74 Å². The number of aromatic hydroxyl groups is 1. The highest BCUT2D eigenvalue weighted by molar-refractivity contribution is 5.84. The van der Waals surface area contributed by atoms with Crippen molar-refractivity contribution in [3.05, 3.63) is 23.8 Å². The highest BCUT2D eigenvalue weighted by atomic mass is 16.5. The zero-order valence-corrected chi connectivity index (χ0v) is 15.7. The molecule has 5 heteroatoms. The van der Waals surface area contributed by atoms with Gasteiger partial charge in [0.1, 0.15) is 0 Å². The number of methoxy groups -OCH3 is 1. The van der Waals surface area contributed by atoms with E-state index in [9.17, 15) is 9.90 Å². The Bertz CT molecular complexity index is 673. The number of ether oxygens (including phenoxy) is 1. The standard InChI is InChI=1S/C21H30N2O3/c1-26-19-7-6-17(12-18(19)24)13-22-11-9-21(15-22)8-3-10-23(20(21)25)14-16-4-2-5-16/h6-7,12,16,24H,2-5,8-11,13-15H2,1H3. The molecule has 1 aromatic rings. The number of amides is 1. The second-order valence-electron chi connectivity index (χ2n) is 8.40. The van der Waals surface area contributed by atoms with Crippen molar-refractivity contribution in [2.24, 2.45) is 11.3 Å². The summed E-state index contributed by atoms with van der Waals surface area (Å²) >= 11 is 0. The van der Waals surface area contributed by atoms with E-state index >= 15 is 0 Å². The molecule has 3 aliphatic rings. The van der Waals surface area contributed by atoms with Gasteiger partial charge in [-0.15, -0.1) is 0 Å². The molecule has 1 unspecified atom stereocenters. The Balaban J connectivity index is 1.40. The first-order chi connectivity index (χ1) is 12.6. The maximum absolute atomic E-state index is 13.2. The quantitative estimate of drug-likeness (QED) is 0.879. The van der Waals surface area contributed by atoms with E-state index in [1.54, 1.807) is 13.2 Å². The number of hydrogen-bond acceptors (Lipinski definition) is 4. The van der Waals surface area contributed by atoms with Crippen LogP contribution in [0.2, 0.25) is 0 Å². The van der Waals surface area contributed by atoms with E-state index < -0.39 is 0 Å². The molecule has 3 fully saturated rings. The second-order valence-corrected chi connectivity index (χ2v) is 8.40. The monoisotopic (exact) mass is 358 g/mol. The minimum Gasteiger partial charge on any atom is -0.504 e. The Morgan fingerprint density at radius 1 is 1.23 bits per heavy atom. The van der Waals surface area contributed by atoms with E-state index in [1.165, 1.54) is 19.3 Å². The van der Waals surface area contributed by atoms with Crippen LogP contribution in [-0.4, -0.2) is 54.1 Å². The van der Waals surface area contributed by atoms with E-state index in [1.807, 2.05) is 12.1 Å². The Labute approximate surface area is 155 Å². The van der Waals surface area contributed by atoms with Gasteiger partial charge < -0.3 is 14.7 Å². The zero-order valence-electron chi connectivity index (χ0n) is 15.7. The lowest BCUT2D eigenvalue weighted by Crippen LogP contribution is -2.51. The smallest absolute Gasteiger partial charge is 0.230 e. The van der Waals surface area contributed by atoms with Crippen LogP contribution in [0.1, 0.15) is 44.1 Å². The largest absolute Gasteiger partial charge is 0.504 e. The molecule has 2 saturated heterocycles. The van der Waals surface area contributed by atoms with Crippen LogP contribution in [0.4, 0.5) is 0 Å². The molecule has 1 saturated carbocycles. The first kappa shape index (κ1) is 17.7. The molecule has 0 radical (unpaired) electrons.